The Balaban J connectivity index is 1.61. The highest BCUT2D eigenvalue weighted by atomic mass is 28.4. The highest BCUT2D eigenvalue weighted by Gasteiger charge is 2.51. The molecule has 0 aliphatic carbocycles. The van der Waals surface area contributed by atoms with Gasteiger partial charge < -0.3 is 19.1 Å². The number of nitrogens with one attached hydrogen (secondary N) is 1. The fourth-order valence-electron chi connectivity index (χ4n) is 4.01. The van der Waals surface area contributed by atoms with Crippen molar-refractivity contribution in [1.29, 1.82) is 0 Å². The van der Waals surface area contributed by atoms with Crippen molar-refractivity contribution in [2.24, 2.45) is 0 Å². The van der Waals surface area contributed by atoms with Crippen LogP contribution in [0.5, 0.6) is 0 Å². The maximum atomic E-state index is 6.43. The molecule has 0 amide bonds. The summed E-state index contributed by atoms with van der Waals surface area (Å²) in [6.45, 7) is 21.9. The molecule has 0 spiro atoms. The van der Waals surface area contributed by atoms with Crippen LogP contribution >= 0.6 is 0 Å². The summed E-state index contributed by atoms with van der Waals surface area (Å²) >= 11 is 0. The fourth-order valence-corrected chi connectivity index (χ4v) is 5.07. The first-order valence-corrected chi connectivity index (χ1v) is 14.5. The summed E-state index contributed by atoms with van der Waals surface area (Å²) in [6, 6.07) is 9.37. The zero-order valence-electron chi connectivity index (χ0n) is 20.6. The van der Waals surface area contributed by atoms with Crippen LogP contribution in [0.15, 0.2) is 24.3 Å². The van der Waals surface area contributed by atoms with Crippen molar-refractivity contribution in [3.05, 3.63) is 29.8 Å². The Morgan fingerprint density at radius 3 is 2.17 bits per heavy atom. The molecule has 1 N–H and O–H groups in total. The molecule has 168 valence electrons. The third kappa shape index (κ3) is 4.88. The van der Waals surface area contributed by atoms with E-state index in [0.717, 1.165) is 25.0 Å². The highest BCUT2D eigenvalue weighted by molar-refractivity contribution is 6.74. The summed E-state index contributed by atoms with van der Waals surface area (Å²) in [6.07, 6.45) is 2.25. The maximum Gasteiger partial charge on any atom is 0.494 e. The predicted octanol–water partition coefficient (Wildman–Crippen LogP) is 4.84. The van der Waals surface area contributed by atoms with Gasteiger partial charge in [-0.05, 0) is 76.2 Å². The van der Waals surface area contributed by atoms with Gasteiger partial charge in [-0.15, -0.1) is 0 Å². The minimum absolute atomic E-state index is 0.263. The molecule has 2 heterocycles. The zero-order valence-corrected chi connectivity index (χ0v) is 21.6. The van der Waals surface area contributed by atoms with E-state index >= 15 is 0 Å². The first-order valence-electron chi connectivity index (χ1n) is 11.6. The van der Waals surface area contributed by atoms with Gasteiger partial charge in [0.05, 0.1) is 11.2 Å². The monoisotopic (exact) mass is 431 g/mol. The SMILES string of the molecule is CC1(C)OB(c2ccc(C3CCNC3CCO[Si](C)(C)C(C)(C)C)cc2)OC1(C)C. The summed E-state index contributed by atoms with van der Waals surface area (Å²) in [4.78, 5) is 0. The first kappa shape index (κ1) is 24.0. The number of rotatable bonds is 6. The molecule has 2 unspecified atom stereocenters. The van der Waals surface area contributed by atoms with Crippen LogP contribution in [0.3, 0.4) is 0 Å². The standard InChI is InChI=1S/C24H42BNO3Si/c1-22(2,3)30(8,9)27-17-15-21-20(14-16-26-21)18-10-12-19(13-11-18)25-28-23(4,5)24(6,7)29-25/h10-13,20-21,26H,14-17H2,1-9H3. The molecule has 0 aromatic heterocycles. The Bertz CT molecular complexity index is 711. The molecule has 0 saturated carbocycles. The molecule has 3 rings (SSSR count). The molecule has 2 fully saturated rings. The van der Waals surface area contributed by atoms with Crippen molar-refractivity contribution in [3.8, 4) is 0 Å². The molecule has 0 bridgehead atoms. The lowest BCUT2D eigenvalue weighted by Crippen LogP contribution is -2.42. The number of hydrogen-bond acceptors (Lipinski definition) is 4. The second-order valence-electron chi connectivity index (χ2n) is 11.6. The molecular weight excluding hydrogens is 389 g/mol. The third-order valence-electron chi connectivity index (χ3n) is 7.94. The van der Waals surface area contributed by atoms with Gasteiger partial charge in [0.2, 0.25) is 0 Å². The average Bonchev–Trinajstić information content (AvgIpc) is 3.16. The van der Waals surface area contributed by atoms with Gasteiger partial charge in [-0.25, -0.2) is 0 Å². The summed E-state index contributed by atoms with van der Waals surface area (Å²) in [7, 11) is -1.97. The van der Waals surface area contributed by atoms with Gasteiger partial charge in [0.15, 0.2) is 8.32 Å². The molecule has 1 aromatic carbocycles. The average molecular weight is 432 g/mol. The van der Waals surface area contributed by atoms with Crippen molar-refractivity contribution >= 4 is 20.9 Å². The van der Waals surface area contributed by atoms with E-state index in [1.165, 1.54) is 12.0 Å². The van der Waals surface area contributed by atoms with Crippen LogP contribution in [-0.2, 0) is 13.7 Å². The normalized spacial score (nSPS) is 26.4. The Morgan fingerprint density at radius 1 is 1.07 bits per heavy atom. The molecule has 2 aliphatic heterocycles. The summed E-state index contributed by atoms with van der Waals surface area (Å²) in [5.74, 6) is 0.542. The van der Waals surface area contributed by atoms with Crippen molar-refractivity contribution in [1.82, 2.24) is 5.32 Å². The molecule has 0 radical (unpaired) electrons. The van der Waals surface area contributed by atoms with Crippen LogP contribution in [0.25, 0.3) is 0 Å². The van der Waals surface area contributed by atoms with Crippen LogP contribution in [0.2, 0.25) is 18.1 Å². The molecule has 2 aliphatic rings. The van der Waals surface area contributed by atoms with E-state index in [-0.39, 0.29) is 23.4 Å². The van der Waals surface area contributed by atoms with Gasteiger partial charge in [0, 0.05) is 18.6 Å². The first-order chi connectivity index (χ1) is 13.7. The van der Waals surface area contributed by atoms with Crippen LogP contribution < -0.4 is 10.8 Å². The van der Waals surface area contributed by atoms with E-state index in [9.17, 15) is 0 Å². The Hall–Kier alpha value is -0.658. The molecule has 4 nitrogen and oxygen atoms in total. The van der Waals surface area contributed by atoms with E-state index in [2.05, 4.69) is 91.1 Å². The maximum absolute atomic E-state index is 6.43. The van der Waals surface area contributed by atoms with Gasteiger partial charge in [0.25, 0.3) is 0 Å². The van der Waals surface area contributed by atoms with E-state index in [1.807, 2.05) is 0 Å². The Kier molecular flexibility index (Phi) is 6.69. The number of benzene rings is 1. The van der Waals surface area contributed by atoms with E-state index in [4.69, 9.17) is 13.7 Å². The molecule has 2 atom stereocenters. The predicted molar refractivity (Wildman–Crippen MR) is 129 cm³/mol. The van der Waals surface area contributed by atoms with Crippen molar-refractivity contribution < 1.29 is 13.7 Å². The van der Waals surface area contributed by atoms with Crippen LogP contribution in [-0.4, -0.2) is 45.8 Å². The summed E-state index contributed by atoms with van der Waals surface area (Å²) in [5, 5.41) is 3.97. The van der Waals surface area contributed by atoms with Crippen LogP contribution in [0, 0.1) is 0 Å². The van der Waals surface area contributed by atoms with Gasteiger partial charge >= 0.3 is 7.12 Å². The summed E-state index contributed by atoms with van der Waals surface area (Å²) < 4.78 is 18.8. The minimum Gasteiger partial charge on any atom is -0.417 e. The van der Waals surface area contributed by atoms with Crippen LogP contribution in [0.1, 0.15) is 72.8 Å². The molecular formula is C24H42BNO3Si. The largest absolute Gasteiger partial charge is 0.494 e. The lowest BCUT2D eigenvalue weighted by atomic mass is 9.77. The Labute approximate surface area is 185 Å². The minimum atomic E-state index is -1.68. The van der Waals surface area contributed by atoms with Crippen molar-refractivity contribution in [2.45, 2.75) is 103 Å². The second kappa shape index (κ2) is 8.36. The molecule has 30 heavy (non-hydrogen) atoms. The summed E-state index contributed by atoms with van der Waals surface area (Å²) in [5.41, 5.74) is 1.89. The molecule has 2 saturated heterocycles. The van der Waals surface area contributed by atoms with Gasteiger partial charge in [0.1, 0.15) is 0 Å². The van der Waals surface area contributed by atoms with E-state index in [0.29, 0.717) is 12.0 Å². The number of hydrogen-bond donors (Lipinski definition) is 1. The highest BCUT2D eigenvalue weighted by Crippen LogP contribution is 2.38. The quantitative estimate of drug-likeness (QED) is 0.654. The second-order valence-corrected chi connectivity index (χ2v) is 16.4. The lowest BCUT2D eigenvalue weighted by molar-refractivity contribution is 0.00578. The molecule has 6 heteroatoms. The van der Waals surface area contributed by atoms with E-state index in [1.54, 1.807) is 0 Å². The lowest BCUT2D eigenvalue weighted by Gasteiger charge is -2.36. The fraction of sp³-hybridized carbons (Fsp3) is 0.750. The zero-order chi connectivity index (χ0) is 22.4. The smallest absolute Gasteiger partial charge is 0.417 e. The van der Waals surface area contributed by atoms with Crippen LogP contribution in [0.4, 0.5) is 0 Å². The van der Waals surface area contributed by atoms with E-state index < -0.39 is 8.32 Å². The third-order valence-corrected chi connectivity index (χ3v) is 12.5. The molecule has 1 aromatic rings. The van der Waals surface area contributed by atoms with Gasteiger partial charge in [-0.2, -0.15) is 0 Å². The van der Waals surface area contributed by atoms with Crippen molar-refractivity contribution in [3.63, 3.8) is 0 Å². The van der Waals surface area contributed by atoms with Crippen molar-refractivity contribution in [2.75, 3.05) is 13.2 Å². The topological polar surface area (TPSA) is 39.7 Å². The Morgan fingerprint density at radius 2 is 1.63 bits per heavy atom. The van der Waals surface area contributed by atoms with Gasteiger partial charge in [-0.1, -0.05) is 45.0 Å². The van der Waals surface area contributed by atoms with Gasteiger partial charge in [-0.3, -0.25) is 0 Å².